The lowest BCUT2D eigenvalue weighted by Crippen LogP contribution is -2.21. The van der Waals surface area contributed by atoms with Gasteiger partial charge in [0.15, 0.2) is 5.16 Å². The molecule has 0 atom stereocenters. The van der Waals surface area contributed by atoms with E-state index >= 15 is 0 Å². The molecule has 5 aromatic rings. The predicted molar refractivity (Wildman–Crippen MR) is 120 cm³/mol. The molecule has 0 radical (unpaired) electrons. The van der Waals surface area contributed by atoms with Gasteiger partial charge in [0, 0.05) is 21.7 Å². The quantitative estimate of drug-likeness (QED) is 0.296. The van der Waals surface area contributed by atoms with Gasteiger partial charge in [-0.25, -0.2) is 4.98 Å². The fourth-order valence-electron chi connectivity index (χ4n) is 3.38. The molecule has 0 spiro atoms. The van der Waals surface area contributed by atoms with Gasteiger partial charge in [-0.05, 0) is 35.9 Å². The Kier molecular flexibility index (Phi) is 4.62. The van der Waals surface area contributed by atoms with Crippen LogP contribution in [0.4, 0.5) is 0 Å². The van der Waals surface area contributed by atoms with E-state index in [1.165, 1.54) is 5.56 Å². The number of aromatic nitrogens is 3. The normalized spacial score (nSPS) is 11.3. The highest BCUT2D eigenvalue weighted by Crippen LogP contribution is 2.28. The number of para-hydroxylation sites is 1. The molecule has 6 heteroatoms. The molecule has 0 aliphatic rings. The van der Waals surface area contributed by atoms with Crippen molar-refractivity contribution in [2.75, 3.05) is 0 Å². The van der Waals surface area contributed by atoms with Crippen LogP contribution in [0, 0.1) is 0 Å². The van der Waals surface area contributed by atoms with Crippen LogP contribution in [0.3, 0.4) is 0 Å². The first-order chi connectivity index (χ1) is 14.2. The lowest BCUT2D eigenvalue weighted by molar-refractivity contribution is 0.819. The average molecular weight is 418 g/mol. The van der Waals surface area contributed by atoms with Gasteiger partial charge in [-0.3, -0.25) is 9.36 Å². The minimum absolute atomic E-state index is 0.121. The van der Waals surface area contributed by atoms with Gasteiger partial charge in [0.25, 0.3) is 5.56 Å². The fraction of sp³-hybridized carbons (Fsp3) is 0.0435. The summed E-state index contributed by atoms with van der Waals surface area (Å²) >= 11 is 7.60. The molecule has 0 saturated heterocycles. The van der Waals surface area contributed by atoms with Crippen LogP contribution in [0.1, 0.15) is 5.56 Å². The van der Waals surface area contributed by atoms with Crippen molar-refractivity contribution in [3.05, 3.63) is 99.8 Å². The number of rotatable bonds is 4. The molecule has 4 nitrogen and oxygen atoms in total. The number of nitrogens with one attached hydrogen (secondary N) is 1. The lowest BCUT2D eigenvalue weighted by atomic mass is 10.2. The van der Waals surface area contributed by atoms with E-state index in [4.69, 9.17) is 16.6 Å². The van der Waals surface area contributed by atoms with Crippen LogP contribution in [0.5, 0.6) is 0 Å². The van der Waals surface area contributed by atoms with E-state index in [2.05, 4.69) is 17.1 Å². The number of H-pyrrole nitrogens is 1. The van der Waals surface area contributed by atoms with Crippen molar-refractivity contribution in [2.24, 2.45) is 0 Å². The maximum absolute atomic E-state index is 13.5. The van der Waals surface area contributed by atoms with Gasteiger partial charge < -0.3 is 4.98 Å². The third-order valence-corrected chi connectivity index (χ3v) is 6.05. The van der Waals surface area contributed by atoms with E-state index in [0.29, 0.717) is 27.0 Å². The van der Waals surface area contributed by atoms with E-state index in [9.17, 15) is 4.79 Å². The first-order valence-corrected chi connectivity index (χ1v) is 10.5. The highest BCUT2D eigenvalue weighted by Gasteiger charge is 2.17. The van der Waals surface area contributed by atoms with Crippen molar-refractivity contribution in [1.82, 2.24) is 14.5 Å². The number of fused-ring (bicyclic) bond motifs is 3. The summed E-state index contributed by atoms with van der Waals surface area (Å²) in [6.07, 6.45) is 0. The molecule has 142 valence electrons. The maximum Gasteiger partial charge on any atom is 0.283 e. The number of nitrogens with zero attached hydrogens (tertiary/aromatic N) is 2. The lowest BCUT2D eigenvalue weighted by Gasteiger charge is -2.12. The second-order valence-electron chi connectivity index (χ2n) is 6.68. The van der Waals surface area contributed by atoms with E-state index in [0.717, 1.165) is 16.6 Å². The third kappa shape index (κ3) is 3.33. The number of hydrogen-bond donors (Lipinski definition) is 1. The average Bonchev–Trinajstić information content (AvgIpc) is 3.13. The molecule has 3 aromatic carbocycles. The van der Waals surface area contributed by atoms with Crippen molar-refractivity contribution >= 4 is 45.3 Å². The molecule has 1 N–H and O–H groups in total. The maximum atomic E-state index is 13.5. The zero-order valence-electron chi connectivity index (χ0n) is 15.3. The molecule has 2 heterocycles. The van der Waals surface area contributed by atoms with Crippen LogP contribution in [0.2, 0.25) is 5.02 Å². The highest BCUT2D eigenvalue weighted by atomic mass is 35.5. The van der Waals surface area contributed by atoms with Crippen molar-refractivity contribution in [3.63, 3.8) is 0 Å². The summed E-state index contributed by atoms with van der Waals surface area (Å²) < 4.78 is 1.65. The molecular weight excluding hydrogens is 402 g/mol. The highest BCUT2D eigenvalue weighted by molar-refractivity contribution is 7.98. The second-order valence-corrected chi connectivity index (χ2v) is 8.06. The number of hydrogen-bond acceptors (Lipinski definition) is 3. The van der Waals surface area contributed by atoms with E-state index in [1.54, 1.807) is 28.5 Å². The van der Waals surface area contributed by atoms with Crippen LogP contribution in [0.15, 0.2) is 88.8 Å². The standard InChI is InChI=1S/C23H16ClN3OS/c24-16-10-12-17(13-11-16)27-22(28)21-20(18-8-4-5-9-19(18)25-21)26-23(27)29-14-15-6-2-1-3-7-15/h1-13,25H,14H2. The fourth-order valence-corrected chi connectivity index (χ4v) is 4.47. The Balaban J connectivity index is 1.72. The smallest absolute Gasteiger partial charge is 0.283 e. The summed E-state index contributed by atoms with van der Waals surface area (Å²) in [5.41, 5.74) is 3.90. The molecule has 29 heavy (non-hydrogen) atoms. The Labute approximate surface area is 176 Å². The van der Waals surface area contributed by atoms with Crippen molar-refractivity contribution < 1.29 is 0 Å². The summed E-state index contributed by atoms with van der Waals surface area (Å²) in [5.74, 6) is 0.717. The first-order valence-electron chi connectivity index (χ1n) is 9.17. The minimum atomic E-state index is -0.121. The second kappa shape index (κ2) is 7.43. The van der Waals surface area contributed by atoms with Gasteiger partial charge in [0.1, 0.15) is 11.0 Å². The SMILES string of the molecule is O=c1c2[nH]c3ccccc3c2nc(SCc2ccccc2)n1-c1ccc(Cl)cc1. The summed E-state index contributed by atoms with van der Waals surface area (Å²) in [5, 5.41) is 2.22. The van der Waals surface area contributed by atoms with E-state index in [1.807, 2.05) is 54.6 Å². The summed E-state index contributed by atoms with van der Waals surface area (Å²) in [4.78, 5) is 21.6. The van der Waals surface area contributed by atoms with Crippen LogP contribution in [-0.4, -0.2) is 14.5 Å². The summed E-state index contributed by atoms with van der Waals surface area (Å²) in [6.45, 7) is 0. The molecule has 2 aromatic heterocycles. The first kappa shape index (κ1) is 18.0. The van der Waals surface area contributed by atoms with Crippen molar-refractivity contribution in [2.45, 2.75) is 10.9 Å². The van der Waals surface area contributed by atoms with Gasteiger partial charge in [0.05, 0.1) is 5.69 Å². The van der Waals surface area contributed by atoms with Gasteiger partial charge in [-0.2, -0.15) is 0 Å². The van der Waals surface area contributed by atoms with Gasteiger partial charge >= 0.3 is 0 Å². The number of halogens is 1. The van der Waals surface area contributed by atoms with E-state index < -0.39 is 0 Å². The zero-order chi connectivity index (χ0) is 19.8. The molecule has 0 aliphatic carbocycles. The largest absolute Gasteiger partial charge is 0.349 e. The van der Waals surface area contributed by atoms with Crippen LogP contribution in [-0.2, 0) is 5.75 Å². The molecule has 0 amide bonds. The van der Waals surface area contributed by atoms with Crippen LogP contribution < -0.4 is 5.56 Å². The Morgan fingerprint density at radius 2 is 1.66 bits per heavy atom. The van der Waals surface area contributed by atoms with Crippen LogP contribution in [0.25, 0.3) is 27.6 Å². The molecule has 5 rings (SSSR count). The third-order valence-electron chi connectivity index (χ3n) is 4.79. The Morgan fingerprint density at radius 3 is 2.45 bits per heavy atom. The molecular formula is C23H16ClN3OS. The monoisotopic (exact) mass is 417 g/mol. The van der Waals surface area contributed by atoms with Gasteiger partial charge in [0.2, 0.25) is 0 Å². The Hall–Kier alpha value is -3.02. The van der Waals surface area contributed by atoms with Crippen LogP contribution >= 0.6 is 23.4 Å². The Morgan fingerprint density at radius 1 is 0.931 bits per heavy atom. The number of aromatic amines is 1. The zero-order valence-corrected chi connectivity index (χ0v) is 16.9. The molecule has 0 aliphatic heterocycles. The summed E-state index contributed by atoms with van der Waals surface area (Å²) in [6, 6.07) is 25.3. The summed E-state index contributed by atoms with van der Waals surface area (Å²) in [7, 11) is 0. The minimum Gasteiger partial charge on any atom is -0.349 e. The number of benzene rings is 3. The topological polar surface area (TPSA) is 50.7 Å². The molecule has 0 bridgehead atoms. The Bertz CT molecular complexity index is 1370. The van der Waals surface area contributed by atoms with Gasteiger partial charge in [-0.15, -0.1) is 0 Å². The van der Waals surface area contributed by atoms with Gasteiger partial charge in [-0.1, -0.05) is 71.9 Å². The predicted octanol–water partition coefficient (Wildman–Crippen LogP) is 5.81. The molecule has 0 unspecified atom stereocenters. The van der Waals surface area contributed by atoms with E-state index in [-0.39, 0.29) is 5.56 Å². The van der Waals surface area contributed by atoms with Crippen molar-refractivity contribution in [3.8, 4) is 5.69 Å². The number of thioether (sulfide) groups is 1. The molecule has 0 fully saturated rings. The molecule has 0 saturated carbocycles. The van der Waals surface area contributed by atoms with Crippen molar-refractivity contribution in [1.29, 1.82) is 0 Å².